The van der Waals surface area contributed by atoms with E-state index < -0.39 is 0 Å². The first-order valence-corrected chi connectivity index (χ1v) is 10.7. The number of fused-ring (bicyclic) bond motifs is 1. The van der Waals surface area contributed by atoms with Crippen molar-refractivity contribution >= 4 is 5.91 Å². The van der Waals surface area contributed by atoms with E-state index in [0.717, 1.165) is 55.5 Å². The largest absolute Gasteiger partial charge is 0.493 e. The first kappa shape index (κ1) is 21.2. The Balaban J connectivity index is 2.06. The van der Waals surface area contributed by atoms with Crippen molar-refractivity contribution < 1.29 is 14.3 Å². The number of nitrogens with zero attached hydrogens (tertiary/aromatic N) is 1. The number of hydrogen-bond donors (Lipinski definition) is 0. The van der Waals surface area contributed by atoms with Gasteiger partial charge >= 0.3 is 0 Å². The van der Waals surface area contributed by atoms with Crippen molar-refractivity contribution in [1.82, 2.24) is 4.90 Å². The molecule has 0 radical (unpaired) electrons. The van der Waals surface area contributed by atoms with Gasteiger partial charge in [-0.1, -0.05) is 57.0 Å². The lowest BCUT2D eigenvalue weighted by molar-refractivity contribution is -0.138. The molecule has 2 aromatic rings. The Bertz CT molecular complexity index is 818. The molecule has 0 spiro atoms. The van der Waals surface area contributed by atoms with E-state index in [0.29, 0.717) is 5.75 Å². The maximum Gasteiger partial charge on any atom is 0.226 e. The monoisotopic (exact) mass is 395 g/mol. The SMILES string of the molecule is CCCC[C@@H](CC)C(=O)N1CCc2cc(OC)c(OC)cc2[C@H]1c1ccccc1. The second-order valence-corrected chi connectivity index (χ2v) is 7.75. The van der Waals surface area contributed by atoms with Crippen LogP contribution < -0.4 is 9.47 Å². The molecule has 1 aliphatic heterocycles. The van der Waals surface area contributed by atoms with E-state index in [1.165, 1.54) is 5.56 Å². The first-order chi connectivity index (χ1) is 14.1. The van der Waals surface area contributed by atoms with Gasteiger partial charge in [-0.15, -0.1) is 0 Å². The highest BCUT2D eigenvalue weighted by Gasteiger charge is 2.35. The summed E-state index contributed by atoms with van der Waals surface area (Å²) in [5, 5.41) is 0. The van der Waals surface area contributed by atoms with Crippen LogP contribution in [0, 0.1) is 5.92 Å². The Labute approximate surface area is 174 Å². The highest BCUT2D eigenvalue weighted by molar-refractivity contribution is 5.80. The summed E-state index contributed by atoms with van der Waals surface area (Å²) in [7, 11) is 3.32. The van der Waals surface area contributed by atoms with Crippen LogP contribution in [0.5, 0.6) is 11.5 Å². The highest BCUT2D eigenvalue weighted by atomic mass is 16.5. The van der Waals surface area contributed by atoms with Gasteiger partial charge in [-0.2, -0.15) is 0 Å². The molecule has 2 atom stereocenters. The van der Waals surface area contributed by atoms with Gasteiger partial charge in [0, 0.05) is 12.5 Å². The van der Waals surface area contributed by atoms with Crippen LogP contribution in [0.15, 0.2) is 42.5 Å². The van der Waals surface area contributed by atoms with Gasteiger partial charge in [0.15, 0.2) is 11.5 Å². The second kappa shape index (κ2) is 9.82. The fraction of sp³-hybridized carbons (Fsp3) is 0.480. The number of amides is 1. The third-order valence-corrected chi connectivity index (χ3v) is 6.02. The summed E-state index contributed by atoms with van der Waals surface area (Å²) in [5.74, 6) is 1.81. The Hall–Kier alpha value is -2.49. The lowest BCUT2D eigenvalue weighted by Crippen LogP contribution is -2.43. The Kier molecular flexibility index (Phi) is 7.18. The number of carbonyl (C=O) groups is 1. The average Bonchev–Trinajstić information content (AvgIpc) is 2.78. The molecule has 0 aromatic heterocycles. The van der Waals surface area contributed by atoms with Gasteiger partial charge in [0.1, 0.15) is 0 Å². The number of carbonyl (C=O) groups excluding carboxylic acids is 1. The summed E-state index contributed by atoms with van der Waals surface area (Å²) >= 11 is 0. The van der Waals surface area contributed by atoms with Gasteiger partial charge in [0.2, 0.25) is 5.91 Å². The highest BCUT2D eigenvalue weighted by Crippen LogP contribution is 2.41. The molecule has 0 saturated carbocycles. The lowest BCUT2D eigenvalue weighted by atomic mass is 9.86. The van der Waals surface area contributed by atoms with Crippen LogP contribution in [0.4, 0.5) is 0 Å². The molecule has 0 unspecified atom stereocenters. The summed E-state index contributed by atoms with van der Waals surface area (Å²) in [5.41, 5.74) is 3.50. The average molecular weight is 396 g/mol. The molecule has 156 valence electrons. The summed E-state index contributed by atoms with van der Waals surface area (Å²) in [6.45, 7) is 5.03. The summed E-state index contributed by atoms with van der Waals surface area (Å²) in [4.78, 5) is 15.7. The van der Waals surface area contributed by atoms with E-state index in [9.17, 15) is 4.79 Å². The predicted molar refractivity (Wildman–Crippen MR) is 117 cm³/mol. The van der Waals surface area contributed by atoms with Crippen molar-refractivity contribution in [2.75, 3.05) is 20.8 Å². The Morgan fingerprint density at radius 2 is 1.79 bits per heavy atom. The van der Waals surface area contributed by atoms with Crippen LogP contribution in [-0.4, -0.2) is 31.6 Å². The molecule has 4 nitrogen and oxygen atoms in total. The molecule has 1 aliphatic rings. The molecule has 0 fully saturated rings. The molecule has 1 amide bonds. The summed E-state index contributed by atoms with van der Waals surface area (Å²) < 4.78 is 11.1. The van der Waals surface area contributed by atoms with Crippen molar-refractivity contribution in [2.45, 2.75) is 52.0 Å². The van der Waals surface area contributed by atoms with E-state index >= 15 is 0 Å². The van der Waals surface area contributed by atoms with Crippen molar-refractivity contribution in [2.24, 2.45) is 5.92 Å². The molecular weight excluding hydrogens is 362 g/mol. The fourth-order valence-electron chi connectivity index (χ4n) is 4.37. The molecule has 0 saturated heterocycles. The van der Waals surface area contributed by atoms with Crippen molar-refractivity contribution in [3.63, 3.8) is 0 Å². The minimum Gasteiger partial charge on any atom is -0.493 e. The number of methoxy groups -OCH3 is 2. The zero-order valence-corrected chi connectivity index (χ0v) is 18.1. The molecule has 4 heteroatoms. The van der Waals surface area contributed by atoms with Crippen LogP contribution in [0.2, 0.25) is 0 Å². The van der Waals surface area contributed by atoms with Crippen molar-refractivity contribution in [1.29, 1.82) is 0 Å². The summed E-state index contributed by atoms with van der Waals surface area (Å²) in [6, 6.07) is 14.4. The topological polar surface area (TPSA) is 38.8 Å². The van der Waals surface area contributed by atoms with Crippen LogP contribution in [0.25, 0.3) is 0 Å². The number of ether oxygens (including phenoxy) is 2. The van der Waals surface area contributed by atoms with Gasteiger partial charge in [-0.3, -0.25) is 4.79 Å². The normalized spacial score (nSPS) is 16.8. The third-order valence-electron chi connectivity index (χ3n) is 6.02. The maximum absolute atomic E-state index is 13.6. The van der Waals surface area contributed by atoms with Gasteiger partial charge in [-0.05, 0) is 48.1 Å². The van der Waals surface area contributed by atoms with E-state index in [-0.39, 0.29) is 17.9 Å². The van der Waals surface area contributed by atoms with Crippen LogP contribution in [-0.2, 0) is 11.2 Å². The minimum atomic E-state index is -0.0945. The molecule has 2 aromatic carbocycles. The van der Waals surface area contributed by atoms with Gasteiger partial charge in [0.05, 0.1) is 20.3 Å². The number of unbranched alkanes of at least 4 members (excludes halogenated alkanes) is 1. The zero-order chi connectivity index (χ0) is 20.8. The fourth-order valence-corrected chi connectivity index (χ4v) is 4.37. The number of rotatable bonds is 8. The standard InChI is InChI=1S/C25H33NO3/c1-5-7-11-18(6-2)25(27)26-15-14-20-16-22(28-3)23(29-4)17-21(20)24(26)19-12-9-8-10-13-19/h8-10,12-13,16-18,24H,5-7,11,14-15H2,1-4H3/t18-,24-/m1/s1. The van der Waals surface area contributed by atoms with Gasteiger partial charge in [-0.25, -0.2) is 0 Å². The van der Waals surface area contributed by atoms with Crippen molar-refractivity contribution in [3.8, 4) is 11.5 Å². The molecule has 0 bridgehead atoms. The minimum absolute atomic E-state index is 0.0860. The predicted octanol–water partition coefficient (Wildman–Crippen LogP) is 5.39. The van der Waals surface area contributed by atoms with E-state index in [1.807, 2.05) is 18.2 Å². The molecular formula is C25H33NO3. The molecule has 3 rings (SSSR count). The second-order valence-electron chi connectivity index (χ2n) is 7.75. The zero-order valence-electron chi connectivity index (χ0n) is 18.1. The van der Waals surface area contributed by atoms with Gasteiger partial charge < -0.3 is 14.4 Å². The van der Waals surface area contributed by atoms with Crippen LogP contribution in [0.1, 0.15) is 62.3 Å². The maximum atomic E-state index is 13.6. The van der Waals surface area contributed by atoms with E-state index in [2.05, 4.69) is 43.0 Å². The number of benzene rings is 2. The molecule has 1 heterocycles. The van der Waals surface area contributed by atoms with E-state index in [1.54, 1.807) is 14.2 Å². The van der Waals surface area contributed by atoms with Gasteiger partial charge in [0.25, 0.3) is 0 Å². The lowest BCUT2D eigenvalue weighted by Gasteiger charge is -2.40. The van der Waals surface area contributed by atoms with E-state index in [4.69, 9.17) is 9.47 Å². The Morgan fingerprint density at radius 1 is 1.10 bits per heavy atom. The van der Waals surface area contributed by atoms with Crippen molar-refractivity contribution in [3.05, 3.63) is 59.2 Å². The Morgan fingerprint density at radius 3 is 2.41 bits per heavy atom. The van der Waals surface area contributed by atoms with Crippen LogP contribution >= 0.6 is 0 Å². The third kappa shape index (κ3) is 4.42. The molecule has 0 aliphatic carbocycles. The molecule has 29 heavy (non-hydrogen) atoms. The quantitative estimate of drug-likeness (QED) is 0.601. The first-order valence-electron chi connectivity index (χ1n) is 10.7. The smallest absolute Gasteiger partial charge is 0.226 e. The summed E-state index contributed by atoms with van der Waals surface area (Å²) in [6.07, 6.45) is 4.88. The van der Waals surface area contributed by atoms with Crippen LogP contribution in [0.3, 0.4) is 0 Å². The number of hydrogen-bond acceptors (Lipinski definition) is 3. The molecule has 0 N–H and O–H groups in total.